The van der Waals surface area contributed by atoms with Crippen LogP contribution in [0.25, 0.3) is 11.6 Å². The molecule has 6 rings (SSSR count). The van der Waals surface area contributed by atoms with E-state index in [1.54, 1.807) is 24.4 Å². The molecule has 2 aliphatic carbocycles. The van der Waals surface area contributed by atoms with Gasteiger partial charge in [0.05, 0.1) is 11.8 Å². The number of aryl methyl sites for hydroxylation is 2. The van der Waals surface area contributed by atoms with Gasteiger partial charge < -0.3 is 14.8 Å². The van der Waals surface area contributed by atoms with E-state index in [4.69, 9.17) is 4.65 Å². The molecule has 0 saturated carbocycles. The van der Waals surface area contributed by atoms with Crippen molar-refractivity contribution in [1.29, 1.82) is 0 Å². The van der Waals surface area contributed by atoms with Gasteiger partial charge in [-0.05, 0) is 110 Å². The summed E-state index contributed by atoms with van der Waals surface area (Å²) < 4.78 is 6.15. The van der Waals surface area contributed by atoms with E-state index in [2.05, 4.69) is 11.1 Å². The van der Waals surface area contributed by atoms with Crippen LogP contribution in [0.2, 0.25) is 6.32 Å². The first-order chi connectivity index (χ1) is 19.7. The minimum atomic E-state index is -1.01. The lowest BCUT2D eigenvalue weighted by Crippen LogP contribution is -2.50. The summed E-state index contributed by atoms with van der Waals surface area (Å²) in [5.41, 5.74) is 7.62. The van der Waals surface area contributed by atoms with Crippen LogP contribution in [0, 0.1) is 31.6 Å². The van der Waals surface area contributed by atoms with Crippen molar-refractivity contribution in [2.45, 2.75) is 52.5 Å². The molecule has 1 aliphatic heterocycles. The molecule has 1 saturated heterocycles. The summed E-state index contributed by atoms with van der Waals surface area (Å²) >= 11 is 0. The minimum Gasteiger partial charge on any atom is -0.507 e. The van der Waals surface area contributed by atoms with Crippen LogP contribution >= 0.6 is 0 Å². The molecule has 2 heterocycles. The average Bonchev–Trinajstić information content (AvgIpc) is 2.96. The van der Waals surface area contributed by atoms with Gasteiger partial charge in [0.15, 0.2) is 11.6 Å². The number of allylic oxidation sites excluding steroid dienone is 2. The van der Waals surface area contributed by atoms with Crippen molar-refractivity contribution < 1.29 is 24.4 Å². The molecule has 3 aliphatic rings. The fourth-order valence-corrected chi connectivity index (χ4v) is 7.21. The van der Waals surface area contributed by atoms with E-state index in [1.165, 1.54) is 0 Å². The first kappa shape index (κ1) is 27.4. The third-order valence-electron chi connectivity index (χ3n) is 9.03. The molecule has 0 bridgehead atoms. The topological polar surface area (TPSA) is 96.7 Å². The molecular formula is C34H34BNO5. The third kappa shape index (κ3) is 4.98. The number of Topliss-reactive ketones (excluding diaryl/α,β-unsaturated/α-hetero) is 2. The average molecular weight is 547 g/mol. The van der Waals surface area contributed by atoms with Gasteiger partial charge in [-0.1, -0.05) is 35.9 Å². The van der Waals surface area contributed by atoms with Gasteiger partial charge in [-0.25, -0.2) is 0 Å². The molecular weight excluding hydrogens is 513 g/mol. The quantitative estimate of drug-likeness (QED) is 0.290. The summed E-state index contributed by atoms with van der Waals surface area (Å²) in [6.07, 6.45) is 5.54. The van der Waals surface area contributed by atoms with Gasteiger partial charge in [0.25, 0.3) is 0 Å². The molecule has 2 N–H and O–H groups in total. The molecule has 41 heavy (non-hydrogen) atoms. The lowest BCUT2D eigenvalue weighted by atomic mass is 9.54. The Labute approximate surface area is 240 Å². The Hall–Kier alpha value is -3.81. The number of phenolic OH excluding ortho intramolecular Hbond substituents is 1. The zero-order valence-electron chi connectivity index (χ0n) is 23.6. The van der Waals surface area contributed by atoms with Gasteiger partial charge in [-0.15, -0.1) is 0 Å². The number of ketones is 2. The number of fused-ring (bicyclic) bond motifs is 4. The van der Waals surface area contributed by atoms with Crippen molar-refractivity contribution >= 4 is 30.3 Å². The lowest BCUT2D eigenvalue weighted by Gasteiger charge is -2.47. The Morgan fingerprint density at radius 2 is 1.68 bits per heavy atom. The van der Waals surface area contributed by atoms with Gasteiger partial charge in [0, 0.05) is 29.2 Å². The Morgan fingerprint density at radius 3 is 2.37 bits per heavy atom. The number of pyridine rings is 1. The molecule has 1 fully saturated rings. The van der Waals surface area contributed by atoms with E-state index in [-0.39, 0.29) is 23.6 Å². The second-order valence-corrected chi connectivity index (χ2v) is 11.7. The van der Waals surface area contributed by atoms with E-state index in [1.807, 2.05) is 57.2 Å². The van der Waals surface area contributed by atoms with E-state index in [9.17, 15) is 19.7 Å². The summed E-state index contributed by atoms with van der Waals surface area (Å²) in [4.78, 5) is 31.9. The van der Waals surface area contributed by atoms with Crippen molar-refractivity contribution in [3.05, 3.63) is 105 Å². The van der Waals surface area contributed by atoms with Gasteiger partial charge in [-0.3, -0.25) is 14.6 Å². The zero-order chi connectivity index (χ0) is 28.8. The molecule has 0 spiro atoms. The number of hydrogen-bond acceptors (Lipinski definition) is 6. The van der Waals surface area contributed by atoms with E-state index in [0.717, 1.165) is 39.1 Å². The van der Waals surface area contributed by atoms with Crippen LogP contribution in [0.5, 0.6) is 5.75 Å². The Bertz CT molecular complexity index is 1570. The SMILES string of the molecule is CC1=C2[C@@H](CC/C(=C/c3cc(C)c(O)c(C)c3)c3ccccn3)OB(O)C[C@@H]2[C@@H]2C(=O)c3ccccc3C(=O)[C@@H]2C1. The van der Waals surface area contributed by atoms with E-state index >= 15 is 0 Å². The van der Waals surface area contributed by atoms with Gasteiger partial charge >= 0.3 is 7.12 Å². The molecule has 0 amide bonds. The monoisotopic (exact) mass is 547 g/mol. The standard InChI is InChI=1S/C34H34BNO5/c1-19-16-26-31(34(39)25-9-5-4-8-24(25)33(26)38)27-18-35(40)41-29(30(19)27)12-11-23(28-10-6-7-13-36-28)17-22-14-20(2)32(37)21(3)15-22/h4-10,13-15,17,26-27,29,31,37,40H,11-12,16,18H2,1-3H3/b23-17-/t26-,27+,29-,31-/m1/s1. The molecule has 1 aromatic heterocycles. The summed E-state index contributed by atoms with van der Waals surface area (Å²) in [6.45, 7) is 5.82. The molecule has 6 nitrogen and oxygen atoms in total. The Kier molecular flexibility index (Phi) is 7.26. The number of benzene rings is 2. The fourth-order valence-electron chi connectivity index (χ4n) is 7.21. The van der Waals surface area contributed by atoms with E-state index < -0.39 is 19.0 Å². The largest absolute Gasteiger partial charge is 0.507 e. The normalized spacial score (nSPS) is 24.2. The van der Waals surface area contributed by atoms with Crippen LogP contribution in [0.1, 0.15) is 69.3 Å². The molecule has 0 radical (unpaired) electrons. The third-order valence-corrected chi connectivity index (χ3v) is 9.03. The molecule has 208 valence electrons. The summed E-state index contributed by atoms with van der Waals surface area (Å²) in [5, 5.41) is 21.1. The van der Waals surface area contributed by atoms with Crippen molar-refractivity contribution in [2.24, 2.45) is 17.8 Å². The highest BCUT2D eigenvalue weighted by Crippen LogP contribution is 2.51. The van der Waals surface area contributed by atoms with Crippen LogP contribution in [0.15, 0.2) is 71.9 Å². The maximum Gasteiger partial charge on any atom is 0.455 e. The van der Waals surface area contributed by atoms with Gasteiger partial charge in [0.1, 0.15) is 5.75 Å². The van der Waals surface area contributed by atoms with Crippen LogP contribution in [0.4, 0.5) is 0 Å². The number of aromatic nitrogens is 1. The second kappa shape index (κ2) is 10.9. The van der Waals surface area contributed by atoms with E-state index in [0.29, 0.717) is 42.5 Å². The van der Waals surface area contributed by atoms with Crippen molar-refractivity contribution in [2.75, 3.05) is 0 Å². The number of rotatable bonds is 5. The Balaban J connectivity index is 1.33. The smallest absolute Gasteiger partial charge is 0.455 e. The van der Waals surface area contributed by atoms with Gasteiger partial charge in [0.2, 0.25) is 0 Å². The summed E-state index contributed by atoms with van der Waals surface area (Å²) in [7, 11) is -1.01. The number of nitrogens with zero attached hydrogens (tertiary/aromatic N) is 1. The minimum absolute atomic E-state index is 0.000176. The molecule has 7 heteroatoms. The highest BCUT2D eigenvalue weighted by atomic mass is 16.5. The van der Waals surface area contributed by atoms with Gasteiger partial charge in [-0.2, -0.15) is 0 Å². The molecule has 0 unspecified atom stereocenters. The maximum atomic E-state index is 13.8. The van der Waals surface area contributed by atoms with Crippen LogP contribution in [-0.4, -0.2) is 39.9 Å². The zero-order valence-corrected chi connectivity index (χ0v) is 23.6. The highest BCUT2D eigenvalue weighted by Gasteiger charge is 2.53. The predicted octanol–water partition coefficient (Wildman–Crippen LogP) is 6.25. The first-order valence-corrected chi connectivity index (χ1v) is 14.4. The van der Waals surface area contributed by atoms with Crippen LogP contribution < -0.4 is 0 Å². The first-order valence-electron chi connectivity index (χ1n) is 14.4. The summed E-state index contributed by atoms with van der Waals surface area (Å²) in [6, 6.07) is 16.9. The highest BCUT2D eigenvalue weighted by molar-refractivity contribution is 6.43. The Morgan fingerprint density at radius 1 is 1.00 bits per heavy atom. The molecule has 3 aromatic rings. The van der Waals surface area contributed by atoms with Crippen molar-refractivity contribution in [3.8, 4) is 5.75 Å². The number of hydrogen-bond donors (Lipinski definition) is 2. The van der Waals surface area contributed by atoms with Crippen molar-refractivity contribution in [1.82, 2.24) is 4.98 Å². The fraction of sp³-hybridized carbons (Fsp3) is 0.324. The van der Waals surface area contributed by atoms with Crippen LogP contribution in [0.3, 0.4) is 0 Å². The summed E-state index contributed by atoms with van der Waals surface area (Å²) in [5.74, 6) is -0.792. The number of carbonyl (C=O) groups excluding carboxylic acids is 2. The predicted molar refractivity (Wildman–Crippen MR) is 159 cm³/mol. The number of carbonyl (C=O) groups is 2. The van der Waals surface area contributed by atoms with Crippen molar-refractivity contribution in [3.63, 3.8) is 0 Å². The molecule has 2 aromatic carbocycles. The van der Waals surface area contributed by atoms with Crippen LogP contribution in [-0.2, 0) is 4.65 Å². The second-order valence-electron chi connectivity index (χ2n) is 11.7. The number of aromatic hydroxyl groups is 1. The maximum absolute atomic E-state index is 13.8. The lowest BCUT2D eigenvalue weighted by molar-refractivity contribution is 0.0602. The number of phenols is 1. The molecule has 4 atom stereocenters.